The van der Waals surface area contributed by atoms with E-state index in [0.29, 0.717) is 0 Å². The van der Waals surface area contributed by atoms with Crippen molar-refractivity contribution in [2.75, 3.05) is 81.8 Å². The fourth-order valence-electron chi connectivity index (χ4n) is 4.16. The van der Waals surface area contributed by atoms with E-state index in [1.165, 1.54) is 5.69 Å². The van der Waals surface area contributed by atoms with Crippen molar-refractivity contribution in [3.63, 3.8) is 0 Å². The quantitative estimate of drug-likeness (QED) is 0.336. The summed E-state index contributed by atoms with van der Waals surface area (Å²) in [5, 5.41) is 3.49. The van der Waals surface area contributed by atoms with Gasteiger partial charge in [0.25, 0.3) is 0 Å². The summed E-state index contributed by atoms with van der Waals surface area (Å²) in [7, 11) is 0. The minimum Gasteiger partial charge on any atom is -0.368 e. The number of aromatic nitrogens is 2. The molecule has 8 nitrogen and oxygen atoms in total. The van der Waals surface area contributed by atoms with Crippen LogP contribution in [0.15, 0.2) is 53.8 Å². The number of aliphatic imine (C=N–C) groups is 1. The van der Waals surface area contributed by atoms with E-state index in [2.05, 4.69) is 72.1 Å². The second kappa shape index (κ2) is 12.8. The number of hydrogen-bond acceptors (Lipinski definition) is 6. The lowest BCUT2D eigenvalue weighted by atomic mass is 10.2. The molecule has 1 N–H and O–H groups in total. The summed E-state index contributed by atoms with van der Waals surface area (Å²) in [5.41, 5.74) is 1.31. The number of rotatable bonds is 6. The Labute approximate surface area is 208 Å². The molecule has 2 fully saturated rings. The minimum atomic E-state index is 0. The standard InChI is InChI=1S/C23H34N8.HI/c1-2-24-22(31-19-17-29(18-20-31)21-7-4-3-5-8-21)27-11-12-28-13-15-30(16-14-28)23-25-9-6-10-26-23;/h3-10H,2,11-20H2,1H3,(H,24,27);1H. The first kappa shape index (κ1) is 24.5. The summed E-state index contributed by atoms with van der Waals surface area (Å²) in [6, 6.07) is 12.5. The van der Waals surface area contributed by atoms with Crippen molar-refractivity contribution in [2.24, 2.45) is 4.99 Å². The summed E-state index contributed by atoms with van der Waals surface area (Å²) in [6.45, 7) is 12.9. The van der Waals surface area contributed by atoms with Crippen molar-refractivity contribution in [3.8, 4) is 0 Å². The molecule has 174 valence electrons. The molecule has 0 unspecified atom stereocenters. The van der Waals surface area contributed by atoms with Gasteiger partial charge in [0.2, 0.25) is 5.95 Å². The van der Waals surface area contributed by atoms with Gasteiger partial charge >= 0.3 is 0 Å². The number of guanidine groups is 1. The van der Waals surface area contributed by atoms with Crippen LogP contribution in [0.25, 0.3) is 0 Å². The van der Waals surface area contributed by atoms with Gasteiger partial charge in [-0.2, -0.15) is 0 Å². The predicted octanol–water partition coefficient (Wildman–Crippen LogP) is 2.00. The van der Waals surface area contributed by atoms with E-state index < -0.39 is 0 Å². The van der Waals surface area contributed by atoms with Crippen molar-refractivity contribution in [3.05, 3.63) is 48.8 Å². The first-order valence-corrected chi connectivity index (χ1v) is 11.4. The predicted molar refractivity (Wildman–Crippen MR) is 142 cm³/mol. The third-order valence-electron chi connectivity index (χ3n) is 5.92. The number of anilines is 2. The molecule has 0 saturated carbocycles. The summed E-state index contributed by atoms with van der Waals surface area (Å²) < 4.78 is 0. The zero-order valence-electron chi connectivity index (χ0n) is 18.9. The molecule has 2 aromatic rings. The molecule has 0 radical (unpaired) electrons. The molecular weight excluding hydrogens is 515 g/mol. The minimum absolute atomic E-state index is 0. The molecule has 4 rings (SSSR count). The number of piperazine rings is 2. The van der Waals surface area contributed by atoms with Gasteiger partial charge in [0.1, 0.15) is 0 Å². The Morgan fingerprint density at radius 1 is 0.875 bits per heavy atom. The fraction of sp³-hybridized carbons (Fsp3) is 0.522. The molecule has 2 aliphatic rings. The SMILES string of the molecule is CCNC(=NCCN1CCN(c2ncccn2)CC1)N1CCN(c2ccccc2)CC1.I. The summed E-state index contributed by atoms with van der Waals surface area (Å²) in [6.07, 6.45) is 3.62. The van der Waals surface area contributed by atoms with E-state index >= 15 is 0 Å². The number of para-hydroxylation sites is 1. The average molecular weight is 550 g/mol. The highest BCUT2D eigenvalue weighted by atomic mass is 127. The van der Waals surface area contributed by atoms with Crippen LogP contribution in [0, 0.1) is 0 Å². The van der Waals surface area contributed by atoms with Gasteiger partial charge in [-0.15, -0.1) is 24.0 Å². The van der Waals surface area contributed by atoms with Crippen molar-refractivity contribution in [1.82, 2.24) is 25.1 Å². The Hall–Kier alpha value is -2.14. The van der Waals surface area contributed by atoms with Gasteiger partial charge in [-0.1, -0.05) is 18.2 Å². The Morgan fingerprint density at radius 2 is 1.53 bits per heavy atom. The molecule has 2 aliphatic heterocycles. The third kappa shape index (κ3) is 6.68. The van der Waals surface area contributed by atoms with Crippen LogP contribution in [0.4, 0.5) is 11.6 Å². The average Bonchev–Trinajstić information content (AvgIpc) is 2.85. The number of hydrogen-bond donors (Lipinski definition) is 1. The largest absolute Gasteiger partial charge is 0.368 e. The lowest BCUT2D eigenvalue weighted by Gasteiger charge is -2.38. The van der Waals surface area contributed by atoms with Crippen LogP contribution >= 0.6 is 24.0 Å². The molecule has 1 aromatic heterocycles. The van der Waals surface area contributed by atoms with Gasteiger partial charge in [-0.25, -0.2) is 9.97 Å². The van der Waals surface area contributed by atoms with Crippen LogP contribution in [-0.4, -0.2) is 97.7 Å². The van der Waals surface area contributed by atoms with Gasteiger partial charge in [0, 0.05) is 83.5 Å². The van der Waals surface area contributed by atoms with Crippen molar-refractivity contribution < 1.29 is 0 Å². The normalized spacial score (nSPS) is 17.8. The molecule has 0 spiro atoms. The van der Waals surface area contributed by atoms with Gasteiger partial charge in [0.15, 0.2) is 5.96 Å². The van der Waals surface area contributed by atoms with E-state index in [9.17, 15) is 0 Å². The van der Waals surface area contributed by atoms with E-state index in [4.69, 9.17) is 4.99 Å². The maximum Gasteiger partial charge on any atom is 0.225 e. The first-order valence-electron chi connectivity index (χ1n) is 11.4. The van der Waals surface area contributed by atoms with Crippen LogP contribution in [0.1, 0.15) is 6.92 Å². The maximum atomic E-state index is 4.94. The van der Waals surface area contributed by atoms with Crippen LogP contribution < -0.4 is 15.1 Å². The van der Waals surface area contributed by atoms with Crippen LogP contribution in [0.5, 0.6) is 0 Å². The van der Waals surface area contributed by atoms with Crippen LogP contribution in [0.3, 0.4) is 0 Å². The lowest BCUT2D eigenvalue weighted by molar-refractivity contribution is 0.263. The molecule has 0 atom stereocenters. The molecule has 0 amide bonds. The van der Waals surface area contributed by atoms with Crippen molar-refractivity contribution >= 4 is 41.6 Å². The van der Waals surface area contributed by atoms with Gasteiger partial charge < -0.3 is 20.0 Å². The summed E-state index contributed by atoms with van der Waals surface area (Å²) in [5.74, 6) is 1.88. The topological polar surface area (TPSA) is 63.1 Å². The third-order valence-corrected chi connectivity index (χ3v) is 5.92. The summed E-state index contributed by atoms with van der Waals surface area (Å²) >= 11 is 0. The van der Waals surface area contributed by atoms with Crippen LogP contribution in [0.2, 0.25) is 0 Å². The van der Waals surface area contributed by atoms with E-state index in [1.54, 1.807) is 0 Å². The zero-order chi connectivity index (χ0) is 21.3. The van der Waals surface area contributed by atoms with E-state index in [-0.39, 0.29) is 24.0 Å². The Balaban J connectivity index is 0.00000289. The van der Waals surface area contributed by atoms with Crippen LogP contribution in [-0.2, 0) is 0 Å². The second-order valence-corrected chi connectivity index (χ2v) is 7.92. The van der Waals surface area contributed by atoms with Crippen molar-refractivity contribution in [2.45, 2.75) is 6.92 Å². The molecular formula is C23H35IN8. The Kier molecular flexibility index (Phi) is 9.79. The number of benzene rings is 1. The second-order valence-electron chi connectivity index (χ2n) is 7.92. The Bertz CT molecular complexity index is 803. The number of nitrogens with zero attached hydrogens (tertiary/aromatic N) is 7. The van der Waals surface area contributed by atoms with Gasteiger partial charge in [-0.3, -0.25) is 9.89 Å². The fourth-order valence-corrected chi connectivity index (χ4v) is 4.16. The van der Waals surface area contributed by atoms with E-state index in [0.717, 1.165) is 83.9 Å². The monoisotopic (exact) mass is 550 g/mol. The first-order chi connectivity index (χ1) is 15.3. The number of halogens is 1. The number of nitrogens with one attached hydrogen (secondary N) is 1. The molecule has 32 heavy (non-hydrogen) atoms. The molecule has 0 bridgehead atoms. The summed E-state index contributed by atoms with van der Waals surface area (Å²) in [4.78, 5) is 23.3. The maximum absolute atomic E-state index is 4.94. The van der Waals surface area contributed by atoms with Crippen molar-refractivity contribution in [1.29, 1.82) is 0 Å². The molecule has 2 saturated heterocycles. The van der Waals surface area contributed by atoms with Gasteiger partial charge in [-0.05, 0) is 25.1 Å². The molecule has 0 aliphatic carbocycles. The van der Waals surface area contributed by atoms with E-state index in [1.807, 2.05) is 18.5 Å². The molecule has 3 heterocycles. The highest BCUT2D eigenvalue weighted by Gasteiger charge is 2.21. The smallest absolute Gasteiger partial charge is 0.225 e. The molecule has 9 heteroatoms. The van der Waals surface area contributed by atoms with Gasteiger partial charge in [0.05, 0.1) is 6.54 Å². The highest BCUT2D eigenvalue weighted by molar-refractivity contribution is 14.0. The highest BCUT2D eigenvalue weighted by Crippen LogP contribution is 2.15. The lowest BCUT2D eigenvalue weighted by Crippen LogP contribution is -2.53. The zero-order valence-corrected chi connectivity index (χ0v) is 21.3. The Morgan fingerprint density at radius 3 is 2.19 bits per heavy atom. The molecule has 1 aromatic carbocycles.